The van der Waals surface area contributed by atoms with Crippen molar-refractivity contribution in [3.63, 3.8) is 0 Å². The van der Waals surface area contributed by atoms with E-state index in [1.807, 2.05) is 18.2 Å². The zero-order chi connectivity index (χ0) is 18.0. The number of nitrogens with zero attached hydrogens (tertiary/aromatic N) is 1. The van der Waals surface area contributed by atoms with E-state index in [2.05, 4.69) is 15.6 Å². The molecule has 1 fully saturated rings. The van der Waals surface area contributed by atoms with Crippen molar-refractivity contribution in [3.8, 4) is 0 Å². The summed E-state index contributed by atoms with van der Waals surface area (Å²) in [5.41, 5.74) is 0.969. The molecule has 1 atom stereocenters. The van der Waals surface area contributed by atoms with Crippen molar-refractivity contribution in [2.24, 2.45) is 10.9 Å². The van der Waals surface area contributed by atoms with Gasteiger partial charge in [0.2, 0.25) is 0 Å². The molecular weight excluding hydrogens is 333 g/mol. The molecule has 0 radical (unpaired) electrons. The Kier molecular flexibility index (Phi) is 7.07. The van der Waals surface area contributed by atoms with E-state index >= 15 is 0 Å². The predicted molar refractivity (Wildman–Crippen MR) is 99.7 cm³/mol. The van der Waals surface area contributed by atoms with Crippen molar-refractivity contribution < 1.29 is 13.5 Å². The topological polar surface area (TPSA) is 58.8 Å². The smallest absolute Gasteiger partial charge is 0.191 e. The first kappa shape index (κ1) is 18.5. The number of benzene rings is 1. The van der Waals surface area contributed by atoms with Gasteiger partial charge < -0.3 is 19.8 Å². The Morgan fingerprint density at radius 1 is 1.15 bits per heavy atom. The number of nitrogens with one attached hydrogen (secondary N) is 2. The fourth-order valence-electron chi connectivity index (χ4n) is 2.90. The van der Waals surface area contributed by atoms with E-state index in [0.717, 1.165) is 62.8 Å². The maximum absolute atomic E-state index is 13.3. The largest absolute Gasteiger partial charge is 0.469 e. The Bertz CT molecular complexity index is 682. The number of aliphatic imine (C=N–C) groups is 1. The van der Waals surface area contributed by atoms with Crippen LogP contribution in [-0.4, -0.2) is 38.8 Å². The minimum Gasteiger partial charge on any atom is -0.469 e. The molecule has 2 aromatic rings. The van der Waals surface area contributed by atoms with Crippen molar-refractivity contribution in [3.05, 3.63) is 59.8 Å². The first-order chi connectivity index (χ1) is 12.8. The lowest BCUT2D eigenvalue weighted by atomic mass is 10.1. The van der Waals surface area contributed by atoms with Gasteiger partial charge in [-0.3, -0.25) is 4.99 Å². The Hall–Kier alpha value is -2.34. The highest BCUT2D eigenvalue weighted by atomic mass is 19.1. The summed E-state index contributed by atoms with van der Waals surface area (Å²) in [5.74, 6) is 2.01. The van der Waals surface area contributed by atoms with Crippen molar-refractivity contribution >= 4 is 5.96 Å². The minimum atomic E-state index is -0.200. The number of hydrogen-bond donors (Lipinski definition) is 2. The van der Waals surface area contributed by atoms with Gasteiger partial charge in [0, 0.05) is 38.6 Å². The second-order valence-corrected chi connectivity index (χ2v) is 6.48. The molecule has 1 aliphatic heterocycles. The van der Waals surface area contributed by atoms with Crippen LogP contribution in [0.2, 0.25) is 0 Å². The van der Waals surface area contributed by atoms with Gasteiger partial charge >= 0.3 is 0 Å². The van der Waals surface area contributed by atoms with E-state index < -0.39 is 0 Å². The standard InChI is InChI=1S/C20H26FN3O2/c21-18-4-1-3-16(13-18)6-9-22-20(24-14-17-8-12-25-15-17)23-10-7-19-5-2-11-26-19/h1-5,11,13,17H,6-10,12,14-15H2,(H2,22,23,24). The van der Waals surface area contributed by atoms with Gasteiger partial charge in [0.05, 0.1) is 12.9 Å². The third kappa shape index (κ3) is 6.19. The molecule has 5 nitrogen and oxygen atoms in total. The highest BCUT2D eigenvalue weighted by Gasteiger charge is 2.15. The number of ether oxygens (including phenoxy) is 1. The van der Waals surface area contributed by atoms with Gasteiger partial charge in [-0.15, -0.1) is 0 Å². The third-order valence-corrected chi connectivity index (χ3v) is 4.37. The lowest BCUT2D eigenvalue weighted by molar-refractivity contribution is 0.187. The van der Waals surface area contributed by atoms with Crippen LogP contribution < -0.4 is 10.6 Å². The van der Waals surface area contributed by atoms with Crippen molar-refractivity contribution in [2.75, 3.05) is 32.8 Å². The van der Waals surface area contributed by atoms with Crippen LogP contribution >= 0.6 is 0 Å². The molecule has 0 saturated carbocycles. The highest BCUT2D eigenvalue weighted by molar-refractivity contribution is 5.79. The lowest BCUT2D eigenvalue weighted by Crippen LogP contribution is -2.39. The Labute approximate surface area is 153 Å². The average Bonchev–Trinajstić information content (AvgIpc) is 3.33. The van der Waals surface area contributed by atoms with Gasteiger partial charge in [0.15, 0.2) is 5.96 Å². The van der Waals surface area contributed by atoms with Gasteiger partial charge in [-0.2, -0.15) is 0 Å². The second kappa shape index (κ2) is 9.97. The van der Waals surface area contributed by atoms with Gasteiger partial charge in [0.1, 0.15) is 11.6 Å². The van der Waals surface area contributed by atoms with E-state index in [1.54, 1.807) is 18.4 Å². The summed E-state index contributed by atoms with van der Waals surface area (Å²) in [4.78, 5) is 4.68. The zero-order valence-electron chi connectivity index (χ0n) is 14.9. The van der Waals surface area contributed by atoms with Gasteiger partial charge in [0.25, 0.3) is 0 Å². The van der Waals surface area contributed by atoms with Crippen LogP contribution in [0.25, 0.3) is 0 Å². The van der Waals surface area contributed by atoms with E-state index in [0.29, 0.717) is 12.5 Å². The molecule has 26 heavy (non-hydrogen) atoms. The Morgan fingerprint density at radius 3 is 2.77 bits per heavy atom. The summed E-state index contributed by atoms with van der Waals surface area (Å²) in [5, 5.41) is 6.68. The molecule has 3 rings (SSSR count). The van der Waals surface area contributed by atoms with Crippen LogP contribution in [-0.2, 0) is 17.6 Å². The lowest BCUT2D eigenvalue weighted by Gasteiger charge is -2.13. The minimum absolute atomic E-state index is 0.200. The van der Waals surface area contributed by atoms with Crippen molar-refractivity contribution in [2.45, 2.75) is 19.3 Å². The molecule has 0 amide bonds. The SMILES string of the molecule is Fc1cccc(CCNC(=NCC2CCOC2)NCCc2ccco2)c1. The fraction of sp³-hybridized carbons (Fsp3) is 0.450. The van der Waals surface area contributed by atoms with E-state index in [9.17, 15) is 4.39 Å². The molecule has 0 spiro atoms. The third-order valence-electron chi connectivity index (χ3n) is 4.37. The summed E-state index contributed by atoms with van der Waals surface area (Å²) >= 11 is 0. The monoisotopic (exact) mass is 359 g/mol. The molecule has 1 unspecified atom stereocenters. The van der Waals surface area contributed by atoms with E-state index in [4.69, 9.17) is 9.15 Å². The number of rotatable bonds is 8. The molecule has 1 saturated heterocycles. The predicted octanol–water partition coefficient (Wildman–Crippen LogP) is 2.78. The summed E-state index contributed by atoms with van der Waals surface area (Å²) in [6, 6.07) is 10.6. The van der Waals surface area contributed by atoms with Crippen LogP contribution in [0.1, 0.15) is 17.7 Å². The number of halogens is 1. The van der Waals surface area contributed by atoms with Crippen LogP contribution in [0.4, 0.5) is 4.39 Å². The van der Waals surface area contributed by atoms with Crippen molar-refractivity contribution in [1.82, 2.24) is 10.6 Å². The molecule has 1 aliphatic rings. The summed E-state index contributed by atoms with van der Waals surface area (Å²) in [7, 11) is 0. The normalized spacial score (nSPS) is 17.4. The summed E-state index contributed by atoms with van der Waals surface area (Å²) < 4.78 is 24.0. The molecule has 0 aliphatic carbocycles. The van der Waals surface area contributed by atoms with E-state index in [-0.39, 0.29) is 5.82 Å². The Morgan fingerprint density at radius 2 is 2.04 bits per heavy atom. The summed E-state index contributed by atoms with van der Waals surface area (Å²) in [6.07, 6.45) is 4.28. The van der Waals surface area contributed by atoms with Gasteiger partial charge in [-0.25, -0.2) is 4.39 Å². The van der Waals surface area contributed by atoms with Crippen LogP contribution in [0.3, 0.4) is 0 Å². The molecule has 0 bridgehead atoms. The van der Waals surface area contributed by atoms with Crippen LogP contribution in [0, 0.1) is 11.7 Å². The first-order valence-electron chi connectivity index (χ1n) is 9.16. The maximum atomic E-state index is 13.3. The quantitative estimate of drug-likeness (QED) is 0.562. The second-order valence-electron chi connectivity index (χ2n) is 6.48. The van der Waals surface area contributed by atoms with E-state index in [1.165, 1.54) is 6.07 Å². The maximum Gasteiger partial charge on any atom is 0.191 e. The molecule has 140 valence electrons. The number of hydrogen-bond acceptors (Lipinski definition) is 3. The number of guanidine groups is 1. The molecule has 6 heteroatoms. The Balaban J connectivity index is 1.48. The fourth-order valence-corrected chi connectivity index (χ4v) is 2.90. The molecule has 2 heterocycles. The van der Waals surface area contributed by atoms with Crippen LogP contribution in [0.5, 0.6) is 0 Å². The highest BCUT2D eigenvalue weighted by Crippen LogP contribution is 2.12. The average molecular weight is 359 g/mol. The van der Waals surface area contributed by atoms with Gasteiger partial charge in [-0.1, -0.05) is 12.1 Å². The van der Waals surface area contributed by atoms with Crippen molar-refractivity contribution in [1.29, 1.82) is 0 Å². The molecule has 1 aromatic carbocycles. The first-order valence-corrected chi connectivity index (χ1v) is 9.16. The summed E-state index contributed by atoms with van der Waals surface area (Å²) in [6.45, 7) is 3.79. The van der Waals surface area contributed by atoms with Crippen LogP contribution in [0.15, 0.2) is 52.1 Å². The van der Waals surface area contributed by atoms with Gasteiger partial charge in [-0.05, 0) is 42.7 Å². The molecule has 2 N–H and O–H groups in total. The number of furan rings is 1. The molecule has 1 aromatic heterocycles. The molecular formula is C20H26FN3O2. The zero-order valence-corrected chi connectivity index (χ0v) is 14.9.